The van der Waals surface area contributed by atoms with Crippen LogP contribution in [0, 0.1) is 0 Å². The van der Waals surface area contributed by atoms with Crippen LogP contribution in [-0.4, -0.2) is 21.9 Å². The zero-order valence-electron chi connectivity index (χ0n) is 12.7. The van der Waals surface area contributed by atoms with Crippen LogP contribution in [0.25, 0.3) is 11.1 Å². The molecule has 1 aromatic heterocycles. The van der Waals surface area contributed by atoms with Crippen LogP contribution < -0.4 is 0 Å². The van der Waals surface area contributed by atoms with E-state index in [1.54, 1.807) is 12.4 Å². The van der Waals surface area contributed by atoms with Crippen LogP contribution in [-0.2, 0) is 13.1 Å². The Kier molecular flexibility index (Phi) is 4.56. The van der Waals surface area contributed by atoms with Gasteiger partial charge in [0.15, 0.2) is 0 Å². The number of hydrogen-bond donors (Lipinski definition) is 0. The Hall–Kier alpha value is -2.52. The van der Waals surface area contributed by atoms with E-state index >= 15 is 0 Å². The fourth-order valence-corrected chi connectivity index (χ4v) is 2.59. The SMILES string of the molecule is CN(Cc1cnccn1)Cc1ccccc1-c1ccccc1. The Morgan fingerprint density at radius 3 is 2.41 bits per heavy atom. The fraction of sp³-hybridized carbons (Fsp3) is 0.158. The predicted octanol–water partition coefficient (Wildman–Crippen LogP) is 3.78. The van der Waals surface area contributed by atoms with Crippen molar-refractivity contribution in [2.75, 3.05) is 7.05 Å². The van der Waals surface area contributed by atoms with Crippen molar-refractivity contribution in [1.82, 2.24) is 14.9 Å². The first kappa shape index (κ1) is 14.4. The molecule has 0 fully saturated rings. The molecule has 0 saturated heterocycles. The molecule has 110 valence electrons. The minimum Gasteiger partial charge on any atom is -0.296 e. The quantitative estimate of drug-likeness (QED) is 0.716. The Labute approximate surface area is 131 Å². The van der Waals surface area contributed by atoms with E-state index in [9.17, 15) is 0 Å². The molecule has 0 spiro atoms. The minimum atomic E-state index is 0.789. The molecule has 0 radical (unpaired) electrons. The van der Waals surface area contributed by atoms with E-state index in [4.69, 9.17) is 0 Å². The Balaban J connectivity index is 1.78. The molecule has 0 saturated carbocycles. The van der Waals surface area contributed by atoms with Crippen LogP contribution in [0.3, 0.4) is 0 Å². The number of aromatic nitrogens is 2. The molecule has 0 unspecified atom stereocenters. The van der Waals surface area contributed by atoms with Crippen LogP contribution in [0.2, 0.25) is 0 Å². The van der Waals surface area contributed by atoms with Gasteiger partial charge < -0.3 is 0 Å². The summed E-state index contributed by atoms with van der Waals surface area (Å²) >= 11 is 0. The maximum absolute atomic E-state index is 4.34. The van der Waals surface area contributed by atoms with Crippen LogP contribution in [0.5, 0.6) is 0 Å². The minimum absolute atomic E-state index is 0.789. The van der Waals surface area contributed by atoms with Crippen LogP contribution in [0.15, 0.2) is 73.2 Å². The average Bonchev–Trinajstić information content (AvgIpc) is 2.57. The number of hydrogen-bond acceptors (Lipinski definition) is 3. The van der Waals surface area contributed by atoms with E-state index in [-0.39, 0.29) is 0 Å². The van der Waals surface area contributed by atoms with Gasteiger partial charge in [0.2, 0.25) is 0 Å². The van der Waals surface area contributed by atoms with Crippen LogP contribution in [0.4, 0.5) is 0 Å². The molecule has 3 rings (SSSR count). The highest BCUT2D eigenvalue weighted by Gasteiger charge is 2.08. The van der Waals surface area contributed by atoms with Crippen molar-refractivity contribution in [3.05, 3.63) is 84.4 Å². The number of rotatable bonds is 5. The van der Waals surface area contributed by atoms with Crippen molar-refractivity contribution in [3.8, 4) is 11.1 Å². The molecule has 22 heavy (non-hydrogen) atoms. The summed E-state index contributed by atoms with van der Waals surface area (Å²) in [6.45, 7) is 1.67. The van der Waals surface area contributed by atoms with Gasteiger partial charge in [-0.2, -0.15) is 0 Å². The maximum atomic E-state index is 4.34. The summed E-state index contributed by atoms with van der Waals surface area (Å²) in [6.07, 6.45) is 5.26. The summed E-state index contributed by atoms with van der Waals surface area (Å²) in [6, 6.07) is 19.1. The second kappa shape index (κ2) is 6.96. The molecule has 1 heterocycles. The molecular formula is C19H19N3. The highest BCUT2D eigenvalue weighted by molar-refractivity contribution is 5.67. The normalized spacial score (nSPS) is 10.8. The number of nitrogens with zero attached hydrogens (tertiary/aromatic N) is 3. The van der Waals surface area contributed by atoms with Crippen LogP contribution >= 0.6 is 0 Å². The second-order valence-corrected chi connectivity index (χ2v) is 5.39. The molecule has 0 amide bonds. The van der Waals surface area contributed by atoms with E-state index in [1.165, 1.54) is 16.7 Å². The molecule has 3 heteroatoms. The largest absolute Gasteiger partial charge is 0.296 e. The molecule has 0 aliphatic carbocycles. The first-order chi connectivity index (χ1) is 10.8. The summed E-state index contributed by atoms with van der Waals surface area (Å²) in [5, 5.41) is 0. The third-order valence-corrected chi connectivity index (χ3v) is 3.59. The van der Waals surface area contributed by atoms with Gasteiger partial charge in [0.1, 0.15) is 0 Å². The van der Waals surface area contributed by atoms with E-state index in [1.807, 2.05) is 12.3 Å². The van der Waals surface area contributed by atoms with E-state index in [2.05, 4.69) is 70.4 Å². The van der Waals surface area contributed by atoms with Crippen molar-refractivity contribution in [3.63, 3.8) is 0 Å². The molecule has 0 N–H and O–H groups in total. The molecular weight excluding hydrogens is 270 g/mol. The van der Waals surface area contributed by atoms with Gasteiger partial charge in [-0.1, -0.05) is 54.6 Å². The summed E-state index contributed by atoms with van der Waals surface area (Å²) in [5.74, 6) is 0. The van der Waals surface area contributed by atoms with Gasteiger partial charge in [0.25, 0.3) is 0 Å². The van der Waals surface area contributed by atoms with Gasteiger partial charge >= 0.3 is 0 Å². The molecule has 0 aliphatic rings. The first-order valence-corrected chi connectivity index (χ1v) is 7.40. The number of benzene rings is 2. The molecule has 0 aliphatic heterocycles. The predicted molar refractivity (Wildman–Crippen MR) is 89.1 cm³/mol. The summed E-state index contributed by atoms with van der Waals surface area (Å²) in [5.41, 5.74) is 4.85. The zero-order valence-corrected chi connectivity index (χ0v) is 12.7. The zero-order chi connectivity index (χ0) is 15.2. The summed E-state index contributed by atoms with van der Waals surface area (Å²) < 4.78 is 0. The van der Waals surface area contributed by atoms with E-state index in [0.717, 1.165) is 18.8 Å². The Bertz CT molecular complexity index is 711. The van der Waals surface area contributed by atoms with Crippen molar-refractivity contribution in [1.29, 1.82) is 0 Å². The third kappa shape index (κ3) is 3.57. The smallest absolute Gasteiger partial charge is 0.0726 e. The Morgan fingerprint density at radius 2 is 1.64 bits per heavy atom. The van der Waals surface area contributed by atoms with Gasteiger partial charge in [-0.25, -0.2) is 0 Å². The lowest BCUT2D eigenvalue weighted by Gasteiger charge is -2.18. The van der Waals surface area contributed by atoms with E-state index in [0.29, 0.717) is 0 Å². The second-order valence-electron chi connectivity index (χ2n) is 5.39. The standard InChI is InChI=1S/C19H19N3/c1-22(15-18-13-20-11-12-21-18)14-17-9-5-6-10-19(17)16-7-3-2-4-8-16/h2-13H,14-15H2,1H3. The Morgan fingerprint density at radius 1 is 0.864 bits per heavy atom. The molecule has 0 atom stereocenters. The van der Waals surface area contributed by atoms with E-state index < -0.39 is 0 Å². The highest BCUT2D eigenvalue weighted by atomic mass is 15.1. The van der Waals surface area contributed by atoms with Gasteiger partial charge in [-0.05, 0) is 23.7 Å². The lowest BCUT2D eigenvalue weighted by Crippen LogP contribution is -2.18. The van der Waals surface area contributed by atoms with Gasteiger partial charge in [0, 0.05) is 31.7 Å². The molecule has 2 aromatic carbocycles. The summed E-state index contributed by atoms with van der Waals surface area (Å²) in [4.78, 5) is 10.7. The van der Waals surface area contributed by atoms with Crippen molar-refractivity contribution in [2.24, 2.45) is 0 Å². The summed E-state index contributed by atoms with van der Waals surface area (Å²) in [7, 11) is 2.11. The van der Waals surface area contributed by atoms with Gasteiger partial charge in [0.05, 0.1) is 5.69 Å². The van der Waals surface area contributed by atoms with Crippen molar-refractivity contribution in [2.45, 2.75) is 13.1 Å². The van der Waals surface area contributed by atoms with Crippen molar-refractivity contribution < 1.29 is 0 Å². The molecule has 3 nitrogen and oxygen atoms in total. The maximum Gasteiger partial charge on any atom is 0.0726 e. The lowest BCUT2D eigenvalue weighted by atomic mass is 9.99. The highest BCUT2D eigenvalue weighted by Crippen LogP contribution is 2.24. The third-order valence-electron chi connectivity index (χ3n) is 3.59. The molecule has 0 bridgehead atoms. The fourth-order valence-electron chi connectivity index (χ4n) is 2.59. The van der Waals surface area contributed by atoms with Gasteiger partial charge in [-0.3, -0.25) is 14.9 Å². The van der Waals surface area contributed by atoms with Crippen LogP contribution in [0.1, 0.15) is 11.3 Å². The average molecular weight is 289 g/mol. The van der Waals surface area contributed by atoms with Gasteiger partial charge in [-0.15, -0.1) is 0 Å². The first-order valence-electron chi connectivity index (χ1n) is 7.40. The topological polar surface area (TPSA) is 29.0 Å². The molecule has 3 aromatic rings. The monoisotopic (exact) mass is 289 g/mol. The lowest BCUT2D eigenvalue weighted by molar-refractivity contribution is 0.315. The van der Waals surface area contributed by atoms with Crippen molar-refractivity contribution >= 4 is 0 Å².